The van der Waals surface area contributed by atoms with E-state index in [4.69, 9.17) is 9.15 Å². The zero-order chi connectivity index (χ0) is 19.4. The van der Waals surface area contributed by atoms with Crippen LogP contribution in [0.25, 0.3) is 11.3 Å². The van der Waals surface area contributed by atoms with Crippen LogP contribution in [0.2, 0.25) is 0 Å². The summed E-state index contributed by atoms with van der Waals surface area (Å²) < 4.78 is 60.3. The first-order valence-electron chi connectivity index (χ1n) is 7.22. The Morgan fingerprint density at radius 3 is 2.65 bits per heavy atom. The molecule has 1 unspecified atom stereocenters. The van der Waals surface area contributed by atoms with Gasteiger partial charge in [0, 0.05) is 19.0 Å². The van der Waals surface area contributed by atoms with Crippen LogP contribution in [0, 0.1) is 11.6 Å². The lowest BCUT2D eigenvalue weighted by Crippen LogP contribution is -2.14. The molecule has 2 rings (SSSR count). The Morgan fingerprint density at radius 2 is 2.08 bits per heavy atom. The fraction of sp³-hybridized carbons (Fsp3) is 0.267. The number of ether oxygens (including phenoxy) is 1. The van der Waals surface area contributed by atoms with Crippen LogP contribution in [0.5, 0.6) is 11.5 Å². The standard InChI is InChI=1S/C15H14BrF2NO6S/c1-7(20)24-15-12(21)13(8-2-3-10(17)11(18)6-8)25-14(15)9(16)4-5-19-26(22)23/h2-3,6,9,21,26H,4-5H2,1H3,(H,19,22,23). The molecule has 26 heavy (non-hydrogen) atoms. The molecule has 0 aliphatic heterocycles. The number of hydrogen-bond donors (Lipinski definition) is 3. The minimum atomic E-state index is -2.78. The summed E-state index contributed by atoms with van der Waals surface area (Å²) in [6.45, 7) is 1.16. The first-order valence-corrected chi connectivity index (χ1v) is 9.31. The maximum absolute atomic E-state index is 13.5. The number of esters is 1. The van der Waals surface area contributed by atoms with E-state index >= 15 is 0 Å². The van der Waals surface area contributed by atoms with Crippen LogP contribution in [0.1, 0.15) is 23.9 Å². The monoisotopic (exact) mass is 453 g/mol. The Morgan fingerprint density at radius 1 is 1.38 bits per heavy atom. The van der Waals surface area contributed by atoms with Gasteiger partial charge in [-0.05, 0) is 24.6 Å². The van der Waals surface area contributed by atoms with Crippen LogP contribution in [0.15, 0.2) is 22.6 Å². The van der Waals surface area contributed by atoms with Gasteiger partial charge in [0.15, 0.2) is 23.2 Å². The first kappa shape index (κ1) is 20.3. The third-order valence-corrected chi connectivity index (χ3v) is 4.57. The zero-order valence-electron chi connectivity index (χ0n) is 13.3. The Labute approximate surface area is 157 Å². The molecule has 1 aromatic heterocycles. The Bertz CT molecular complexity index is 891. The highest BCUT2D eigenvalue weighted by molar-refractivity contribution is 9.09. The van der Waals surface area contributed by atoms with Gasteiger partial charge in [-0.25, -0.2) is 21.9 Å². The molecule has 11 heteroatoms. The second-order valence-electron chi connectivity index (χ2n) is 5.12. The molecule has 0 bridgehead atoms. The van der Waals surface area contributed by atoms with Crippen LogP contribution >= 0.6 is 15.9 Å². The smallest absolute Gasteiger partial charge is 0.308 e. The predicted octanol–water partition coefficient (Wildman–Crippen LogP) is 2.80. The van der Waals surface area contributed by atoms with Gasteiger partial charge < -0.3 is 14.3 Å². The van der Waals surface area contributed by atoms with Gasteiger partial charge in [0.25, 0.3) is 0 Å². The Balaban J connectivity index is 2.42. The number of halogens is 3. The fourth-order valence-electron chi connectivity index (χ4n) is 2.12. The van der Waals surface area contributed by atoms with Crippen LogP contribution in [-0.2, 0) is 15.7 Å². The highest BCUT2D eigenvalue weighted by Crippen LogP contribution is 2.48. The topological polar surface area (TPSA) is 106 Å². The molecule has 1 atom stereocenters. The van der Waals surface area contributed by atoms with E-state index in [-0.39, 0.29) is 35.8 Å². The van der Waals surface area contributed by atoms with Crippen molar-refractivity contribution in [2.45, 2.75) is 18.2 Å². The lowest BCUT2D eigenvalue weighted by atomic mass is 10.1. The largest absolute Gasteiger partial charge is 0.502 e. The van der Waals surface area contributed by atoms with Crippen LogP contribution in [0.4, 0.5) is 8.78 Å². The minimum Gasteiger partial charge on any atom is -0.502 e. The summed E-state index contributed by atoms with van der Waals surface area (Å²) in [5.74, 6) is -4.02. The number of nitrogens with one attached hydrogen (secondary N) is 1. The van der Waals surface area contributed by atoms with Gasteiger partial charge in [0.1, 0.15) is 0 Å². The fourth-order valence-corrected chi connectivity index (χ4v) is 2.96. The van der Waals surface area contributed by atoms with Crippen molar-refractivity contribution in [2.75, 3.05) is 6.54 Å². The van der Waals surface area contributed by atoms with E-state index in [1.165, 1.54) is 6.07 Å². The van der Waals surface area contributed by atoms with E-state index in [2.05, 4.69) is 20.7 Å². The number of thiol groups is 1. The van der Waals surface area contributed by atoms with Gasteiger partial charge in [0.2, 0.25) is 22.4 Å². The van der Waals surface area contributed by atoms with Gasteiger partial charge in [-0.15, -0.1) is 0 Å². The molecule has 0 radical (unpaired) electrons. The molecule has 0 saturated carbocycles. The molecule has 1 heterocycles. The SMILES string of the molecule is CC(=O)Oc1c(C(Br)CCN[SH](=O)=O)oc(-c2ccc(F)c(F)c2)c1O. The van der Waals surface area contributed by atoms with Crippen molar-refractivity contribution < 1.29 is 36.3 Å². The molecule has 0 fully saturated rings. The number of hydrogen-bond acceptors (Lipinski definition) is 6. The summed E-state index contributed by atoms with van der Waals surface area (Å²) in [7, 11) is -2.78. The second kappa shape index (κ2) is 8.60. The van der Waals surface area contributed by atoms with Crippen molar-refractivity contribution in [2.24, 2.45) is 0 Å². The summed E-state index contributed by atoms with van der Waals surface area (Å²) >= 11 is 3.26. The quantitative estimate of drug-likeness (QED) is 0.338. The van der Waals surface area contributed by atoms with E-state index in [0.717, 1.165) is 19.1 Å². The van der Waals surface area contributed by atoms with Gasteiger partial charge >= 0.3 is 5.97 Å². The van der Waals surface area contributed by atoms with Crippen molar-refractivity contribution in [3.8, 4) is 22.8 Å². The number of carbonyl (C=O) groups is 1. The van der Waals surface area contributed by atoms with E-state index < -0.39 is 39.1 Å². The molecule has 0 spiro atoms. The summed E-state index contributed by atoms with van der Waals surface area (Å²) in [5, 5.41) is 10.3. The summed E-state index contributed by atoms with van der Waals surface area (Å²) in [5.41, 5.74) is 0.0292. The maximum Gasteiger partial charge on any atom is 0.308 e. The van der Waals surface area contributed by atoms with Crippen molar-refractivity contribution >= 4 is 32.8 Å². The second-order valence-corrected chi connectivity index (χ2v) is 7.05. The van der Waals surface area contributed by atoms with Gasteiger partial charge in [0.05, 0.1) is 4.83 Å². The molecule has 7 nitrogen and oxygen atoms in total. The third kappa shape index (κ3) is 4.80. The van der Waals surface area contributed by atoms with E-state index in [9.17, 15) is 27.1 Å². The number of benzene rings is 1. The zero-order valence-corrected chi connectivity index (χ0v) is 15.8. The molecule has 142 valence electrons. The van der Waals surface area contributed by atoms with Gasteiger partial charge in [-0.2, -0.15) is 0 Å². The number of furan rings is 1. The lowest BCUT2D eigenvalue weighted by molar-refractivity contribution is -0.132. The van der Waals surface area contributed by atoms with Gasteiger partial charge in [-0.1, -0.05) is 15.9 Å². The van der Waals surface area contributed by atoms with Crippen LogP contribution < -0.4 is 9.46 Å². The van der Waals surface area contributed by atoms with Crippen LogP contribution in [0.3, 0.4) is 0 Å². The molecule has 0 aliphatic rings. The molecule has 2 aromatic rings. The lowest BCUT2D eigenvalue weighted by Gasteiger charge is -2.08. The van der Waals surface area contributed by atoms with E-state index in [1.54, 1.807) is 0 Å². The average molecular weight is 454 g/mol. The molecule has 1 aromatic carbocycles. The average Bonchev–Trinajstić information content (AvgIpc) is 2.86. The van der Waals surface area contributed by atoms with Crippen molar-refractivity contribution in [3.05, 3.63) is 35.6 Å². The first-order chi connectivity index (χ1) is 12.2. The highest BCUT2D eigenvalue weighted by Gasteiger charge is 2.28. The minimum absolute atomic E-state index is 0.000332. The molecular formula is C15H14BrF2NO6S. The number of rotatable bonds is 7. The number of carbonyl (C=O) groups excluding carboxylic acids is 1. The van der Waals surface area contributed by atoms with Gasteiger partial charge in [-0.3, -0.25) is 4.79 Å². The third-order valence-electron chi connectivity index (χ3n) is 3.22. The maximum atomic E-state index is 13.5. The van der Waals surface area contributed by atoms with E-state index in [0.29, 0.717) is 0 Å². The molecule has 0 saturated heterocycles. The molecular weight excluding hydrogens is 440 g/mol. The van der Waals surface area contributed by atoms with Crippen LogP contribution in [-0.4, -0.2) is 26.0 Å². The molecule has 2 N–H and O–H groups in total. The normalized spacial score (nSPS) is 12.3. The Hall–Kier alpha value is -1.98. The molecule has 0 amide bonds. The summed E-state index contributed by atoms with van der Waals surface area (Å²) in [4.78, 5) is 10.7. The predicted molar refractivity (Wildman–Crippen MR) is 91.6 cm³/mol. The molecule has 0 aliphatic carbocycles. The van der Waals surface area contributed by atoms with E-state index in [1.807, 2.05) is 0 Å². The Kier molecular flexibility index (Phi) is 6.73. The highest BCUT2D eigenvalue weighted by atomic mass is 79.9. The summed E-state index contributed by atoms with van der Waals surface area (Å²) in [6, 6.07) is 2.87. The van der Waals surface area contributed by atoms with Crippen molar-refractivity contribution in [3.63, 3.8) is 0 Å². The summed E-state index contributed by atoms with van der Waals surface area (Å²) in [6.07, 6.45) is 0.196. The van der Waals surface area contributed by atoms with Crippen molar-refractivity contribution in [1.29, 1.82) is 0 Å². The number of aromatic hydroxyl groups is 1. The number of alkyl halides is 1. The van der Waals surface area contributed by atoms with Crippen molar-refractivity contribution in [1.82, 2.24) is 4.72 Å².